The molecule has 9 nitrogen and oxygen atoms in total. The van der Waals surface area contributed by atoms with Crippen LogP contribution in [-0.4, -0.2) is 69.0 Å². The molecule has 10 bridgehead atoms. The highest BCUT2D eigenvalue weighted by molar-refractivity contribution is 5.97. The zero-order valence-corrected chi connectivity index (χ0v) is 44.8. The van der Waals surface area contributed by atoms with Crippen molar-refractivity contribution in [3.8, 4) is 28.7 Å². The number of aromatic hydroxyl groups is 1. The largest absolute Gasteiger partial charge is 0.507 e. The van der Waals surface area contributed by atoms with Crippen LogP contribution in [0.4, 0.5) is 0 Å². The van der Waals surface area contributed by atoms with Gasteiger partial charge in [-0.05, 0) is 111 Å². The van der Waals surface area contributed by atoms with Gasteiger partial charge in [-0.15, -0.1) is 0 Å². The Morgan fingerprint density at radius 1 is 0.472 bits per heavy atom. The van der Waals surface area contributed by atoms with Crippen LogP contribution in [0.25, 0.3) is 10.8 Å². The van der Waals surface area contributed by atoms with Crippen LogP contribution in [-0.2, 0) is 56.8 Å². The van der Waals surface area contributed by atoms with Crippen LogP contribution in [0.1, 0.15) is 160 Å². The van der Waals surface area contributed by atoms with Crippen molar-refractivity contribution >= 4 is 16.7 Å². The van der Waals surface area contributed by atoms with Gasteiger partial charge in [-0.2, -0.15) is 0 Å². The predicted octanol–water partition coefficient (Wildman–Crippen LogP) is 13.4. The van der Waals surface area contributed by atoms with Gasteiger partial charge in [-0.25, -0.2) is 4.79 Å². The number of fused-ring (bicyclic) bond motifs is 5. The van der Waals surface area contributed by atoms with E-state index in [0.29, 0.717) is 71.1 Å². The minimum absolute atomic E-state index is 0.0924. The standard InChI is InChI=1S/C63H76O9/c1-60(2,3)49-29-41-25-43-31-50(61(4,5)6)33-45-27-47-35-52(63(10,11)12)36-48(58(47)71-22-20-68-18-17-67-19-21-70-56(43)45)28-46-34-51(62(7,8)9)32-44(26-42(30-49)55(41)64)57(46)72-24-23-69-54-38-40-16-14-13-15-39(40)37-53(54)59(65)66/h13-16,29-38,64H,17-28H2,1-12H3,(H,65,66). The minimum atomic E-state index is -1.06. The highest BCUT2D eigenvalue weighted by Crippen LogP contribution is 2.44. The molecule has 0 radical (unpaired) electrons. The van der Waals surface area contributed by atoms with Gasteiger partial charge in [0, 0.05) is 25.7 Å². The molecule has 382 valence electrons. The Morgan fingerprint density at radius 2 is 0.819 bits per heavy atom. The summed E-state index contributed by atoms with van der Waals surface area (Å²) in [6.07, 6.45) is 1.81. The number of carboxylic acid groups (broad SMARTS) is 1. The molecule has 0 saturated heterocycles. The van der Waals surface area contributed by atoms with E-state index in [-0.39, 0.29) is 51.9 Å². The molecule has 9 heteroatoms. The molecule has 1 aliphatic heterocycles. The Labute approximate surface area is 427 Å². The lowest BCUT2D eigenvalue weighted by molar-refractivity contribution is 0.0273. The summed E-state index contributed by atoms with van der Waals surface area (Å²) < 4.78 is 39.3. The maximum absolute atomic E-state index is 12.7. The van der Waals surface area contributed by atoms with Crippen molar-refractivity contribution in [2.75, 3.05) is 52.9 Å². The first kappa shape index (κ1) is 52.3. The van der Waals surface area contributed by atoms with E-state index in [0.717, 1.165) is 77.9 Å². The van der Waals surface area contributed by atoms with Crippen molar-refractivity contribution in [1.29, 1.82) is 0 Å². The fourth-order valence-electron chi connectivity index (χ4n) is 9.72. The molecule has 2 aliphatic rings. The summed E-state index contributed by atoms with van der Waals surface area (Å²) in [7, 11) is 0. The van der Waals surface area contributed by atoms with Crippen molar-refractivity contribution in [3.05, 3.63) is 157 Å². The van der Waals surface area contributed by atoms with E-state index < -0.39 is 5.97 Å². The molecule has 0 unspecified atom stereocenters. The van der Waals surface area contributed by atoms with E-state index in [9.17, 15) is 15.0 Å². The molecule has 6 aromatic rings. The molecule has 2 N–H and O–H groups in total. The summed E-state index contributed by atoms with van der Waals surface area (Å²) in [5, 5.41) is 24.7. The van der Waals surface area contributed by atoms with Gasteiger partial charge in [-0.3, -0.25) is 0 Å². The van der Waals surface area contributed by atoms with Crippen LogP contribution in [0.5, 0.6) is 28.7 Å². The smallest absolute Gasteiger partial charge is 0.339 e. The molecule has 1 heterocycles. The van der Waals surface area contributed by atoms with Crippen molar-refractivity contribution in [2.24, 2.45) is 0 Å². The highest BCUT2D eigenvalue weighted by Gasteiger charge is 2.29. The fraction of sp³-hybridized carbons (Fsp3) is 0.444. The normalized spacial score (nSPS) is 15.1. The first-order chi connectivity index (χ1) is 33.9. The second-order valence-corrected chi connectivity index (χ2v) is 23.8. The molecule has 72 heavy (non-hydrogen) atoms. The van der Waals surface area contributed by atoms with Gasteiger partial charge in [0.1, 0.15) is 60.7 Å². The quantitative estimate of drug-likeness (QED) is 0.157. The van der Waals surface area contributed by atoms with Crippen LogP contribution in [0.15, 0.2) is 84.9 Å². The molecule has 6 aromatic carbocycles. The third kappa shape index (κ3) is 12.1. The third-order valence-corrected chi connectivity index (χ3v) is 14.0. The molecule has 0 atom stereocenters. The number of carboxylic acids is 1. The lowest BCUT2D eigenvalue weighted by Crippen LogP contribution is -2.18. The zero-order valence-electron chi connectivity index (χ0n) is 44.8. The first-order valence-electron chi connectivity index (χ1n) is 25.7. The van der Waals surface area contributed by atoms with E-state index in [1.807, 2.05) is 24.3 Å². The zero-order chi connectivity index (χ0) is 51.8. The number of ether oxygens (including phenoxy) is 6. The summed E-state index contributed by atoms with van der Waals surface area (Å²) in [6, 6.07) is 29.1. The van der Waals surface area contributed by atoms with Gasteiger partial charge in [-0.1, -0.05) is 156 Å². The van der Waals surface area contributed by atoms with E-state index in [1.54, 1.807) is 12.1 Å². The molecule has 8 rings (SSSR count). The summed E-state index contributed by atoms with van der Waals surface area (Å²) in [5.74, 6) is 1.78. The number of rotatable bonds is 6. The second kappa shape index (κ2) is 20.8. The number of carbonyl (C=O) groups is 1. The minimum Gasteiger partial charge on any atom is -0.507 e. The molecule has 0 spiro atoms. The van der Waals surface area contributed by atoms with Crippen molar-refractivity contribution in [1.82, 2.24) is 0 Å². The number of phenols is 1. The van der Waals surface area contributed by atoms with E-state index >= 15 is 0 Å². The van der Waals surface area contributed by atoms with E-state index in [1.165, 1.54) is 11.1 Å². The monoisotopic (exact) mass is 977 g/mol. The second-order valence-electron chi connectivity index (χ2n) is 23.8. The SMILES string of the molecule is CC(C)(C)c1cc2c(O)c(c1)Cc1cc(C(C)(C)C)cc(c1OCCOc1cc3ccccc3cc1C(=O)O)Cc1cc(C(C)(C)C)cc3c1OCCOCCOCCOc1c(cc(C(C)(C)C)cc1C3)C2. The molecule has 0 fully saturated rings. The van der Waals surface area contributed by atoms with Gasteiger partial charge >= 0.3 is 5.97 Å². The van der Waals surface area contributed by atoms with Crippen LogP contribution in [0.2, 0.25) is 0 Å². The molecule has 0 saturated carbocycles. The highest BCUT2D eigenvalue weighted by atomic mass is 16.6. The number of hydrogen-bond acceptors (Lipinski definition) is 8. The third-order valence-electron chi connectivity index (χ3n) is 14.0. The number of phenolic OH excluding ortho intramolecular Hbond substituents is 1. The summed E-state index contributed by atoms with van der Waals surface area (Å²) in [6.45, 7) is 29.4. The van der Waals surface area contributed by atoms with Crippen LogP contribution in [0.3, 0.4) is 0 Å². The van der Waals surface area contributed by atoms with Gasteiger partial charge < -0.3 is 38.6 Å². The van der Waals surface area contributed by atoms with Crippen LogP contribution < -0.4 is 18.9 Å². The number of benzene rings is 6. The Hall–Kier alpha value is -6.03. The summed E-state index contributed by atoms with van der Waals surface area (Å²) >= 11 is 0. The van der Waals surface area contributed by atoms with Gasteiger partial charge in [0.15, 0.2) is 0 Å². The lowest BCUT2D eigenvalue weighted by atomic mass is 9.79. The lowest BCUT2D eigenvalue weighted by Gasteiger charge is -2.29. The maximum atomic E-state index is 12.7. The molecular weight excluding hydrogens is 901 g/mol. The Balaban J connectivity index is 1.38. The molecule has 0 aromatic heterocycles. The number of hydrogen-bond donors (Lipinski definition) is 2. The fourth-order valence-corrected chi connectivity index (χ4v) is 9.72. The van der Waals surface area contributed by atoms with Gasteiger partial charge in [0.25, 0.3) is 0 Å². The molecular formula is C63H76O9. The summed E-state index contributed by atoms with van der Waals surface area (Å²) in [4.78, 5) is 12.5. The van der Waals surface area contributed by atoms with Crippen LogP contribution in [0, 0.1) is 0 Å². The van der Waals surface area contributed by atoms with E-state index in [4.69, 9.17) is 28.4 Å². The van der Waals surface area contributed by atoms with Crippen molar-refractivity contribution < 1.29 is 43.4 Å². The Bertz CT molecular complexity index is 2950. The van der Waals surface area contributed by atoms with Crippen molar-refractivity contribution in [2.45, 2.75) is 130 Å². The average molecular weight is 977 g/mol. The molecule has 0 amide bonds. The Kier molecular flexibility index (Phi) is 15.1. The van der Waals surface area contributed by atoms with Gasteiger partial charge in [0.2, 0.25) is 0 Å². The van der Waals surface area contributed by atoms with E-state index in [2.05, 4.69) is 132 Å². The topological polar surface area (TPSA) is 113 Å². The first-order valence-corrected chi connectivity index (χ1v) is 25.7. The average Bonchev–Trinajstić information content (AvgIpc) is 3.29. The van der Waals surface area contributed by atoms with Crippen molar-refractivity contribution in [3.63, 3.8) is 0 Å². The molecule has 1 aliphatic carbocycles. The predicted molar refractivity (Wildman–Crippen MR) is 288 cm³/mol. The van der Waals surface area contributed by atoms with Crippen LogP contribution >= 0.6 is 0 Å². The maximum Gasteiger partial charge on any atom is 0.339 e. The Morgan fingerprint density at radius 3 is 1.25 bits per heavy atom. The number of aromatic carboxylic acids is 1. The summed E-state index contributed by atoms with van der Waals surface area (Å²) in [5.41, 5.74) is 11.4. The van der Waals surface area contributed by atoms with Gasteiger partial charge in [0.05, 0.1) is 26.4 Å².